The van der Waals surface area contributed by atoms with Gasteiger partial charge in [-0.05, 0) is 231 Å². The monoisotopic (exact) mass is 1270 g/mol. The summed E-state index contributed by atoms with van der Waals surface area (Å²) in [6.07, 6.45) is 44.9. The molecule has 0 aromatic heterocycles. The topological polar surface area (TPSA) is 193 Å². The first-order valence-electron chi connectivity index (χ1n) is 33.8. The number of allylic oxidation sites excluding steroid dienone is 6. The maximum absolute atomic E-state index is 12.2. The Hall–Kier alpha value is -4.68. The highest BCUT2D eigenvalue weighted by atomic mass is 35.5. The summed E-state index contributed by atoms with van der Waals surface area (Å²) < 4.78 is 5.22. The van der Waals surface area contributed by atoms with Crippen LogP contribution < -0.4 is 0 Å². The number of rotatable bonds is 11. The number of esters is 1. The summed E-state index contributed by atoms with van der Waals surface area (Å²) in [6, 6.07) is 7.84. The van der Waals surface area contributed by atoms with Crippen LogP contribution >= 0.6 is 24.2 Å². The van der Waals surface area contributed by atoms with Gasteiger partial charge in [-0.2, -0.15) is 12.6 Å². The molecule has 4 N–H and O–H groups in total. The van der Waals surface area contributed by atoms with Gasteiger partial charge in [-0.15, -0.1) is 5.73 Å². The summed E-state index contributed by atoms with van der Waals surface area (Å²) in [6.45, 7) is 17.4. The van der Waals surface area contributed by atoms with E-state index in [0.29, 0.717) is 78.1 Å². The van der Waals surface area contributed by atoms with Crippen LogP contribution in [0.15, 0.2) is 79.6 Å². The number of carbonyl (C=O) groups excluding carboxylic acids is 5. The van der Waals surface area contributed by atoms with E-state index in [-0.39, 0.29) is 42.2 Å². The largest absolute Gasteiger partial charge is 0.481 e. The first-order chi connectivity index (χ1) is 42.5. The Kier molecular flexibility index (Phi) is 36.0. The Bertz CT molecular complexity index is 2610. The third-order valence-electron chi connectivity index (χ3n) is 19.5. The van der Waals surface area contributed by atoms with E-state index in [0.717, 1.165) is 140 Å². The number of carboxylic acids is 1. The Morgan fingerprint density at radius 2 is 0.944 bits per heavy atom. The van der Waals surface area contributed by atoms with Crippen LogP contribution in [-0.4, -0.2) is 85.6 Å². The number of ether oxygens (including phenoxy) is 1. The van der Waals surface area contributed by atoms with Crippen LogP contribution in [0, 0.1) is 94.8 Å². The lowest BCUT2D eigenvalue weighted by Crippen LogP contribution is -2.28. The molecule has 6 saturated carbocycles. The fourth-order valence-electron chi connectivity index (χ4n) is 15.3. The maximum atomic E-state index is 12.2. The highest BCUT2D eigenvalue weighted by Crippen LogP contribution is 2.45. The summed E-state index contributed by atoms with van der Waals surface area (Å²) in [5.74, 6) is 4.71. The molecule has 0 bridgehead atoms. The number of carbonyl (C=O) groups is 6. The second-order valence-corrected chi connectivity index (χ2v) is 27.8. The maximum Gasteiger partial charge on any atom is 0.339 e. The van der Waals surface area contributed by atoms with Gasteiger partial charge in [-0.25, -0.2) is 4.79 Å². The van der Waals surface area contributed by atoms with E-state index in [2.05, 4.69) is 61.9 Å². The Morgan fingerprint density at radius 1 is 0.539 bits per heavy atom. The number of carboxylic acid groups (broad SMARTS) is 1. The van der Waals surface area contributed by atoms with Gasteiger partial charge in [0, 0.05) is 36.5 Å². The summed E-state index contributed by atoms with van der Waals surface area (Å²) >= 11 is 10.1. The second kappa shape index (κ2) is 41.7. The number of aryl methyl sites for hydroxylation is 6. The molecule has 13 heteroatoms. The molecule has 0 aliphatic heterocycles. The van der Waals surface area contributed by atoms with E-state index in [1.165, 1.54) is 77.0 Å². The van der Waals surface area contributed by atoms with Gasteiger partial charge < -0.3 is 25.2 Å². The van der Waals surface area contributed by atoms with E-state index in [9.17, 15) is 39.0 Å². The van der Waals surface area contributed by atoms with Crippen molar-refractivity contribution in [3.8, 4) is 0 Å². The first kappa shape index (κ1) is 76.8. The third kappa shape index (κ3) is 28.0. The molecule has 2 aromatic rings. The van der Waals surface area contributed by atoms with Crippen molar-refractivity contribution in [3.05, 3.63) is 124 Å². The molecule has 9 aliphatic carbocycles. The van der Waals surface area contributed by atoms with E-state index in [4.69, 9.17) is 26.6 Å². The molecule has 0 saturated heterocycles. The zero-order valence-electron chi connectivity index (χ0n) is 55.0. The van der Waals surface area contributed by atoms with Crippen LogP contribution in [0.2, 0.25) is 0 Å². The van der Waals surface area contributed by atoms with E-state index < -0.39 is 11.9 Å². The van der Waals surface area contributed by atoms with E-state index in [1.54, 1.807) is 0 Å². The lowest BCUT2D eigenvalue weighted by atomic mass is 9.80. The van der Waals surface area contributed by atoms with Gasteiger partial charge in [0.05, 0.1) is 24.2 Å². The number of hydrogen-bond acceptors (Lipinski definition) is 11. The molecule has 12 unspecified atom stereocenters. The summed E-state index contributed by atoms with van der Waals surface area (Å²) in [5, 5.41) is 36.4. The minimum Gasteiger partial charge on any atom is -0.481 e. The van der Waals surface area contributed by atoms with Gasteiger partial charge in [0.2, 0.25) is 0 Å². The smallest absolute Gasteiger partial charge is 0.339 e. The van der Waals surface area contributed by atoms with Gasteiger partial charge in [0.15, 0.2) is 11.6 Å². The molecule has 11 rings (SSSR count). The zero-order chi connectivity index (χ0) is 65.4. The molecular weight excluding hydrogens is 1160 g/mol. The second-order valence-electron chi connectivity index (χ2n) is 26.8. The number of Topliss-reactive ketones (excluding diaryl/α,β-unsaturated/α-hetero) is 3. The van der Waals surface area contributed by atoms with Crippen LogP contribution in [0.25, 0.3) is 0 Å². The molecule has 494 valence electrons. The van der Waals surface area contributed by atoms with Crippen molar-refractivity contribution in [1.82, 2.24) is 0 Å². The van der Waals surface area contributed by atoms with Crippen LogP contribution in [0.1, 0.15) is 240 Å². The molecule has 0 radical (unpaired) electrons. The van der Waals surface area contributed by atoms with Crippen LogP contribution in [0.3, 0.4) is 0 Å². The number of ketones is 3. The van der Waals surface area contributed by atoms with Gasteiger partial charge in [-0.1, -0.05) is 136 Å². The number of fused-ring (bicyclic) bond motifs is 3. The molecule has 0 spiro atoms. The molecule has 0 amide bonds. The lowest BCUT2D eigenvalue weighted by molar-refractivity contribution is -0.137. The summed E-state index contributed by atoms with van der Waals surface area (Å²) in [7, 11) is 0. The van der Waals surface area contributed by atoms with Crippen molar-refractivity contribution in [3.63, 3.8) is 0 Å². The molecule has 9 aliphatic rings. The first-order valence-corrected chi connectivity index (χ1v) is 34.7. The SMILES string of the molecule is C=C=C.Cc1cc(C)c(C(=O)Cl)c(C)c1.Cc1cc(C)c(C(=O)OCC(=O)CC2C=CCCC2)c(C)c1.O=C(CO)CC1C=CCCC1.O=C(O)CC1C=CCCC1.O=C1CC2CCCC(O)C2C1.OC1CCCC2CCCC12.SC1CCCC2CCCC12. The Balaban J connectivity index is 0.000000225. The number of benzene rings is 2. The summed E-state index contributed by atoms with van der Waals surface area (Å²) in [4.78, 5) is 67.2. The molecule has 2 aromatic carbocycles. The molecule has 0 heterocycles. The van der Waals surface area contributed by atoms with Gasteiger partial charge in [0.25, 0.3) is 5.24 Å². The molecule has 12 atom stereocenters. The minimum absolute atomic E-state index is 0.00711. The van der Waals surface area contributed by atoms with E-state index in [1.807, 2.05) is 71.9 Å². The minimum atomic E-state index is -0.684. The quantitative estimate of drug-likeness (QED) is 0.0473. The van der Waals surface area contributed by atoms with E-state index >= 15 is 0 Å². The van der Waals surface area contributed by atoms with Crippen molar-refractivity contribution in [2.75, 3.05) is 13.2 Å². The van der Waals surface area contributed by atoms with Crippen LogP contribution in [-0.2, 0) is 23.9 Å². The molecular formula is C76H111ClO11S. The highest BCUT2D eigenvalue weighted by molar-refractivity contribution is 7.81. The number of hydrogen-bond donors (Lipinski definition) is 5. The third-order valence-corrected chi connectivity index (χ3v) is 20.3. The number of aliphatic carboxylic acids is 1. The number of thiol groups is 1. The fourth-order valence-corrected chi connectivity index (χ4v) is 16.2. The number of aliphatic hydroxyl groups excluding tert-OH is 3. The Morgan fingerprint density at radius 3 is 1.36 bits per heavy atom. The van der Waals surface area contributed by atoms with Crippen molar-refractivity contribution in [2.45, 2.75) is 245 Å². The van der Waals surface area contributed by atoms with Crippen molar-refractivity contribution < 1.29 is 53.9 Å². The highest BCUT2D eigenvalue weighted by Gasteiger charge is 2.40. The number of aliphatic hydroxyl groups is 3. The van der Waals surface area contributed by atoms with Crippen molar-refractivity contribution in [1.29, 1.82) is 0 Å². The average Bonchev–Trinajstić information content (AvgIpc) is 4.47. The van der Waals surface area contributed by atoms with Gasteiger partial charge >= 0.3 is 11.9 Å². The normalized spacial score (nSPS) is 27.4. The molecule has 6 fully saturated rings. The standard InChI is InChI=1S/C19H24O3.C10H11ClO.2C9H14O2.C9H16O.C9H16S.C8H12O2.C3H4/c1-13-9-14(2)18(15(3)10-13)19(21)22-12-17(20)11-16-7-5-4-6-8-16;1-6-4-7(2)9(10(11)12)8(3)5-6;10-7-4-6-2-1-3-9(11)8(6)5-7;10-7-9(11)6-8-4-2-1-3-5-8;2*10-9-6-2-4-7-3-1-5-8(7)9;9-8(10)6-7-4-2-1-3-5-7;1-3-2/h5,7,9-10,16H,4,6,8,11-12H2,1-3H3;4-5H,1-3H3;6,8-9,11H,1-5H2;2,4,8,10H,1,3,5-7H2;2*7-10H,1-6H2;2,4,7H,1,3,5-6H2,(H,9,10);1-2H2. The zero-order valence-corrected chi connectivity index (χ0v) is 56.7. The Labute approximate surface area is 545 Å². The summed E-state index contributed by atoms with van der Waals surface area (Å²) in [5.41, 5.74) is 9.44. The predicted molar refractivity (Wildman–Crippen MR) is 364 cm³/mol. The molecule has 89 heavy (non-hydrogen) atoms. The van der Waals surface area contributed by atoms with Crippen LogP contribution in [0.4, 0.5) is 0 Å². The predicted octanol–water partition coefficient (Wildman–Crippen LogP) is 17.1. The van der Waals surface area contributed by atoms with Crippen molar-refractivity contribution in [2.24, 2.45) is 53.3 Å². The van der Waals surface area contributed by atoms with Gasteiger partial charge in [-0.3, -0.25) is 24.0 Å². The fraction of sp³-hybridized carbons (Fsp3) is 0.645. The van der Waals surface area contributed by atoms with Gasteiger partial charge in [0.1, 0.15) is 19.0 Å². The van der Waals surface area contributed by atoms with Crippen molar-refractivity contribution >= 4 is 58.8 Å². The van der Waals surface area contributed by atoms with Crippen LogP contribution in [0.5, 0.6) is 0 Å². The number of halogens is 1. The molecule has 11 nitrogen and oxygen atoms in total. The lowest BCUT2D eigenvalue weighted by Gasteiger charge is -2.30. The average molecular weight is 1270 g/mol.